The highest BCUT2D eigenvalue weighted by Gasteiger charge is 2.33. The lowest BCUT2D eigenvalue weighted by atomic mass is 10.0. The minimum Gasteiger partial charge on any atom is -0.348 e. The number of rotatable bonds is 6. The molecule has 1 atom stereocenters. The normalized spacial score (nSPS) is 21.1. The van der Waals surface area contributed by atoms with E-state index in [0.717, 1.165) is 44.9 Å². The molecule has 2 N–H and O–H groups in total. The number of benzene rings is 1. The molecule has 0 bridgehead atoms. The van der Waals surface area contributed by atoms with Crippen LogP contribution in [0.2, 0.25) is 5.02 Å². The van der Waals surface area contributed by atoms with Crippen molar-refractivity contribution in [1.29, 1.82) is 0 Å². The maximum absolute atomic E-state index is 13.0. The van der Waals surface area contributed by atoms with Gasteiger partial charge in [0.25, 0.3) is 0 Å². The van der Waals surface area contributed by atoms with Crippen molar-refractivity contribution >= 4 is 33.4 Å². The summed E-state index contributed by atoms with van der Waals surface area (Å²) in [6, 6.07) is 6.04. The van der Waals surface area contributed by atoms with Gasteiger partial charge in [-0.3, -0.25) is 9.59 Å². The van der Waals surface area contributed by atoms with E-state index in [4.69, 9.17) is 11.6 Å². The summed E-state index contributed by atoms with van der Waals surface area (Å²) in [5.74, 6) is -1.26. The molecule has 3 rings (SSSR count). The van der Waals surface area contributed by atoms with E-state index < -0.39 is 21.8 Å². The van der Waals surface area contributed by atoms with Gasteiger partial charge in [-0.2, -0.15) is 4.31 Å². The van der Waals surface area contributed by atoms with Crippen molar-refractivity contribution in [3.63, 3.8) is 0 Å². The zero-order chi connectivity index (χ0) is 20.9. The Balaban J connectivity index is 1.55. The van der Waals surface area contributed by atoms with Gasteiger partial charge in [0.2, 0.25) is 10.0 Å². The van der Waals surface area contributed by atoms with Gasteiger partial charge < -0.3 is 10.6 Å². The van der Waals surface area contributed by atoms with Gasteiger partial charge in [0, 0.05) is 30.2 Å². The van der Waals surface area contributed by atoms with Crippen molar-refractivity contribution in [3.8, 4) is 0 Å². The van der Waals surface area contributed by atoms with Gasteiger partial charge in [-0.1, -0.05) is 30.9 Å². The average Bonchev–Trinajstić information content (AvgIpc) is 3.21. The Morgan fingerprint density at radius 1 is 1.00 bits per heavy atom. The first-order valence-corrected chi connectivity index (χ1v) is 12.1. The highest BCUT2D eigenvalue weighted by atomic mass is 35.5. The lowest BCUT2D eigenvalue weighted by Crippen LogP contribution is -2.47. The molecule has 0 unspecified atom stereocenters. The minimum atomic E-state index is -3.63. The van der Waals surface area contributed by atoms with Crippen LogP contribution in [0.3, 0.4) is 0 Å². The van der Waals surface area contributed by atoms with Crippen LogP contribution in [0, 0.1) is 0 Å². The summed E-state index contributed by atoms with van der Waals surface area (Å²) in [4.78, 5) is 24.2. The molecule has 2 fully saturated rings. The molecule has 0 aromatic heterocycles. The molecule has 1 aliphatic heterocycles. The second-order valence-corrected chi connectivity index (χ2v) is 10.0. The molecule has 1 saturated heterocycles. The van der Waals surface area contributed by atoms with Crippen LogP contribution in [0.1, 0.15) is 51.4 Å². The topological polar surface area (TPSA) is 95.6 Å². The molecule has 0 radical (unpaired) electrons. The third-order valence-electron chi connectivity index (χ3n) is 5.65. The predicted octanol–water partition coefficient (Wildman–Crippen LogP) is 2.45. The van der Waals surface area contributed by atoms with Crippen molar-refractivity contribution in [2.45, 2.75) is 68.3 Å². The quantitative estimate of drug-likeness (QED) is 0.663. The fourth-order valence-corrected chi connectivity index (χ4v) is 5.92. The first-order valence-electron chi connectivity index (χ1n) is 10.2. The maximum atomic E-state index is 13.0. The fraction of sp³-hybridized carbons (Fsp3) is 0.600. The largest absolute Gasteiger partial charge is 0.348 e. The Bertz CT molecular complexity index is 823. The molecule has 29 heavy (non-hydrogen) atoms. The Kier molecular flexibility index (Phi) is 7.54. The third kappa shape index (κ3) is 5.71. The standard InChI is InChI=1S/C20H28ClN3O4S/c21-15-8-10-18(11-9-15)29(27,28)24-14-4-3-7-17(24)12-13-22-19(25)20(26)23-16-5-1-2-6-16/h8-11,16-17H,1-7,12-14H2,(H,22,25)(H,23,26)/t17-/m1/s1. The van der Waals surface area contributed by atoms with E-state index >= 15 is 0 Å². The molecule has 1 aliphatic carbocycles. The van der Waals surface area contributed by atoms with E-state index in [2.05, 4.69) is 10.6 Å². The van der Waals surface area contributed by atoms with Gasteiger partial charge >= 0.3 is 11.8 Å². The van der Waals surface area contributed by atoms with Crippen LogP contribution in [0.25, 0.3) is 0 Å². The molecule has 1 heterocycles. The van der Waals surface area contributed by atoms with E-state index in [1.165, 1.54) is 16.4 Å². The van der Waals surface area contributed by atoms with Crippen LogP contribution >= 0.6 is 11.6 Å². The number of carbonyl (C=O) groups is 2. The number of carbonyl (C=O) groups excluding carboxylic acids is 2. The van der Waals surface area contributed by atoms with Crippen molar-refractivity contribution in [1.82, 2.24) is 14.9 Å². The predicted molar refractivity (Wildman–Crippen MR) is 111 cm³/mol. The molecule has 0 spiro atoms. The SMILES string of the molecule is O=C(NCC[C@H]1CCCCN1S(=O)(=O)c1ccc(Cl)cc1)C(=O)NC1CCCC1. The van der Waals surface area contributed by atoms with Gasteiger partial charge in [0.05, 0.1) is 4.90 Å². The first kappa shape index (κ1) is 22.1. The Hall–Kier alpha value is -1.64. The summed E-state index contributed by atoms with van der Waals surface area (Å²) in [7, 11) is -3.63. The Morgan fingerprint density at radius 2 is 1.66 bits per heavy atom. The summed E-state index contributed by atoms with van der Waals surface area (Å²) < 4.78 is 27.6. The second kappa shape index (κ2) is 9.91. The van der Waals surface area contributed by atoms with Crippen molar-refractivity contribution in [2.24, 2.45) is 0 Å². The van der Waals surface area contributed by atoms with E-state index in [1.807, 2.05) is 0 Å². The van der Waals surface area contributed by atoms with E-state index in [9.17, 15) is 18.0 Å². The first-order chi connectivity index (χ1) is 13.9. The second-order valence-electron chi connectivity index (χ2n) is 7.72. The zero-order valence-corrected chi connectivity index (χ0v) is 18.0. The lowest BCUT2D eigenvalue weighted by Gasteiger charge is -2.34. The summed E-state index contributed by atoms with van der Waals surface area (Å²) in [5, 5.41) is 5.88. The molecule has 2 amide bonds. The van der Waals surface area contributed by atoms with Gasteiger partial charge in [-0.25, -0.2) is 8.42 Å². The van der Waals surface area contributed by atoms with Crippen molar-refractivity contribution in [2.75, 3.05) is 13.1 Å². The number of piperidine rings is 1. The number of amides is 2. The molecule has 9 heteroatoms. The average molecular weight is 442 g/mol. The Labute approximate surface area is 177 Å². The van der Waals surface area contributed by atoms with Crippen molar-refractivity contribution in [3.05, 3.63) is 29.3 Å². The highest BCUT2D eigenvalue weighted by Crippen LogP contribution is 2.27. The Morgan fingerprint density at radius 3 is 2.34 bits per heavy atom. The number of sulfonamides is 1. The summed E-state index contributed by atoms with van der Waals surface area (Å²) in [6.07, 6.45) is 6.93. The highest BCUT2D eigenvalue weighted by molar-refractivity contribution is 7.89. The van der Waals surface area contributed by atoms with Crippen molar-refractivity contribution < 1.29 is 18.0 Å². The summed E-state index contributed by atoms with van der Waals surface area (Å²) >= 11 is 5.87. The molecule has 2 aliphatic rings. The molecular weight excluding hydrogens is 414 g/mol. The van der Waals surface area contributed by atoms with Gasteiger partial charge in [0.15, 0.2) is 0 Å². The maximum Gasteiger partial charge on any atom is 0.309 e. The summed E-state index contributed by atoms with van der Waals surface area (Å²) in [5.41, 5.74) is 0. The molecule has 1 aromatic rings. The zero-order valence-electron chi connectivity index (χ0n) is 16.4. The number of nitrogens with one attached hydrogen (secondary N) is 2. The molecule has 1 saturated carbocycles. The van der Waals surface area contributed by atoms with Gasteiger partial charge in [-0.05, 0) is 56.4 Å². The number of nitrogens with zero attached hydrogens (tertiary/aromatic N) is 1. The fourth-order valence-electron chi connectivity index (χ4n) is 4.07. The smallest absolute Gasteiger partial charge is 0.309 e. The van der Waals surface area contributed by atoms with Gasteiger partial charge in [0.1, 0.15) is 0 Å². The summed E-state index contributed by atoms with van der Waals surface area (Å²) in [6.45, 7) is 0.708. The molecule has 160 valence electrons. The van der Waals surface area contributed by atoms with Crippen LogP contribution in [0.5, 0.6) is 0 Å². The molecule has 7 nitrogen and oxygen atoms in total. The third-order valence-corrected chi connectivity index (χ3v) is 7.87. The number of halogens is 1. The number of hydrogen-bond donors (Lipinski definition) is 2. The van der Waals surface area contributed by atoms with Crippen LogP contribution in [-0.4, -0.2) is 49.7 Å². The monoisotopic (exact) mass is 441 g/mol. The van der Waals surface area contributed by atoms with E-state index in [0.29, 0.717) is 18.0 Å². The van der Waals surface area contributed by atoms with Crippen LogP contribution < -0.4 is 10.6 Å². The lowest BCUT2D eigenvalue weighted by molar-refractivity contribution is -0.139. The van der Waals surface area contributed by atoms with Crippen LogP contribution in [0.4, 0.5) is 0 Å². The van der Waals surface area contributed by atoms with E-state index in [-0.39, 0.29) is 23.5 Å². The molecular formula is C20H28ClN3O4S. The van der Waals surface area contributed by atoms with E-state index in [1.54, 1.807) is 12.1 Å². The van der Waals surface area contributed by atoms with Crippen LogP contribution in [0.15, 0.2) is 29.2 Å². The minimum absolute atomic E-state index is 0.0894. The van der Waals surface area contributed by atoms with Gasteiger partial charge in [-0.15, -0.1) is 0 Å². The molecule has 1 aromatic carbocycles. The van der Waals surface area contributed by atoms with Crippen LogP contribution in [-0.2, 0) is 19.6 Å². The number of hydrogen-bond acceptors (Lipinski definition) is 4.